The molecule has 1 N–H and O–H groups in total. The lowest BCUT2D eigenvalue weighted by molar-refractivity contribution is -0.383. The highest BCUT2D eigenvalue weighted by molar-refractivity contribution is 6.02. The zero-order chi connectivity index (χ0) is 15.9. The van der Waals surface area contributed by atoms with Gasteiger partial charge in [0.15, 0.2) is 0 Å². The Morgan fingerprint density at radius 1 is 1.27 bits per heavy atom. The van der Waals surface area contributed by atoms with Crippen molar-refractivity contribution in [1.29, 1.82) is 0 Å². The van der Waals surface area contributed by atoms with Crippen LogP contribution in [0, 0.1) is 17.0 Å². The van der Waals surface area contributed by atoms with Crippen molar-refractivity contribution in [3.05, 3.63) is 51.6 Å². The minimum Gasteiger partial charge on any atom is -0.296 e. The fourth-order valence-electron chi connectivity index (χ4n) is 2.96. The number of carbonyl (C=O) groups excluding carboxylic acids is 2. The number of fused-ring (bicyclic) bond motifs is 1. The average Bonchev–Trinajstić information content (AvgIpc) is 2.46. The molecule has 1 atom stereocenters. The molecule has 1 aliphatic rings. The molecule has 0 saturated carbocycles. The number of amides is 2. The summed E-state index contributed by atoms with van der Waals surface area (Å²) in [6.07, 6.45) is 0.711. The van der Waals surface area contributed by atoms with Gasteiger partial charge in [0, 0.05) is 12.5 Å². The first-order valence-corrected chi connectivity index (χ1v) is 6.98. The third kappa shape index (κ3) is 2.32. The molecule has 2 aromatic rings. The van der Waals surface area contributed by atoms with Gasteiger partial charge in [-0.05, 0) is 35.9 Å². The highest BCUT2D eigenvalue weighted by Crippen LogP contribution is 2.34. The van der Waals surface area contributed by atoms with E-state index in [1.165, 1.54) is 6.07 Å². The highest BCUT2D eigenvalue weighted by atomic mass is 16.6. The number of hydrogen-bond donors (Lipinski definition) is 1. The van der Waals surface area contributed by atoms with Crippen LogP contribution in [0.1, 0.15) is 29.9 Å². The molecule has 6 nitrogen and oxygen atoms in total. The first-order valence-electron chi connectivity index (χ1n) is 6.98. The summed E-state index contributed by atoms with van der Waals surface area (Å²) in [4.78, 5) is 34.1. The molecule has 1 fully saturated rings. The van der Waals surface area contributed by atoms with Gasteiger partial charge in [0.1, 0.15) is 0 Å². The Hall–Kier alpha value is -2.76. The second kappa shape index (κ2) is 5.22. The largest absolute Gasteiger partial charge is 0.296 e. The second-order valence-electron chi connectivity index (χ2n) is 5.47. The molecule has 0 aliphatic carbocycles. The molecular formula is C16H14N2O4. The third-order valence-corrected chi connectivity index (χ3v) is 4.06. The Morgan fingerprint density at radius 2 is 2.05 bits per heavy atom. The monoisotopic (exact) mass is 298 g/mol. The predicted molar refractivity (Wildman–Crippen MR) is 80.5 cm³/mol. The summed E-state index contributed by atoms with van der Waals surface area (Å²) >= 11 is 0. The highest BCUT2D eigenvalue weighted by Gasteiger charge is 2.29. The zero-order valence-electron chi connectivity index (χ0n) is 12.0. The van der Waals surface area contributed by atoms with Crippen LogP contribution < -0.4 is 5.32 Å². The number of piperidine rings is 1. The molecule has 0 radical (unpaired) electrons. The lowest BCUT2D eigenvalue weighted by Crippen LogP contribution is -2.39. The summed E-state index contributed by atoms with van der Waals surface area (Å²) in [5.74, 6) is -1.05. The average molecular weight is 298 g/mol. The van der Waals surface area contributed by atoms with E-state index >= 15 is 0 Å². The number of non-ortho nitro benzene ring substituents is 1. The number of nitrogens with one attached hydrogen (secondary N) is 1. The maximum absolute atomic E-state index is 12.0. The van der Waals surface area contributed by atoms with Crippen molar-refractivity contribution in [2.45, 2.75) is 25.7 Å². The van der Waals surface area contributed by atoms with Crippen LogP contribution in [0.5, 0.6) is 0 Å². The second-order valence-corrected chi connectivity index (χ2v) is 5.47. The molecule has 22 heavy (non-hydrogen) atoms. The molecule has 0 bridgehead atoms. The quantitative estimate of drug-likeness (QED) is 0.524. The number of nitro groups is 1. The van der Waals surface area contributed by atoms with E-state index in [-0.39, 0.29) is 23.9 Å². The summed E-state index contributed by atoms with van der Waals surface area (Å²) < 4.78 is 0. The van der Waals surface area contributed by atoms with Gasteiger partial charge in [-0.1, -0.05) is 18.2 Å². The SMILES string of the molecule is Cc1cc2cccc([N+](=O)[O-])c2cc1C1CCC(=O)NC1=O. The van der Waals surface area contributed by atoms with Gasteiger partial charge in [-0.15, -0.1) is 0 Å². The van der Waals surface area contributed by atoms with Crippen molar-refractivity contribution in [3.63, 3.8) is 0 Å². The molecule has 2 aromatic carbocycles. The molecule has 1 unspecified atom stereocenters. The smallest absolute Gasteiger partial charge is 0.277 e. The zero-order valence-corrected chi connectivity index (χ0v) is 12.0. The van der Waals surface area contributed by atoms with Gasteiger partial charge in [-0.2, -0.15) is 0 Å². The maximum atomic E-state index is 12.0. The lowest BCUT2D eigenvalue weighted by atomic mass is 9.86. The Balaban J connectivity index is 2.16. The number of hydrogen-bond acceptors (Lipinski definition) is 4. The van der Waals surface area contributed by atoms with E-state index in [2.05, 4.69) is 5.32 Å². The summed E-state index contributed by atoms with van der Waals surface area (Å²) in [6.45, 7) is 1.87. The number of benzene rings is 2. The van der Waals surface area contributed by atoms with Crippen molar-refractivity contribution in [2.24, 2.45) is 0 Å². The third-order valence-electron chi connectivity index (χ3n) is 4.06. The van der Waals surface area contributed by atoms with Gasteiger partial charge in [0.05, 0.1) is 16.2 Å². The Kier molecular flexibility index (Phi) is 3.36. The minimum atomic E-state index is -0.443. The molecule has 1 heterocycles. The van der Waals surface area contributed by atoms with Gasteiger partial charge < -0.3 is 0 Å². The van der Waals surface area contributed by atoms with Crippen molar-refractivity contribution in [3.8, 4) is 0 Å². The van der Waals surface area contributed by atoms with Gasteiger partial charge in [-0.25, -0.2) is 0 Å². The van der Waals surface area contributed by atoms with Crippen molar-refractivity contribution >= 4 is 28.3 Å². The fourth-order valence-corrected chi connectivity index (χ4v) is 2.96. The Morgan fingerprint density at radius 3 is 2.73 bits per heavy atom. The summed E-state index contributed by atoms with van der Waals surface area (Å²) in [7, 11) is 0. The number of rotatable bonds is 2. The van der Waals surface area contributed by atoms with Crippen molar-refractivity contribution in [2.75, 3.05) is 0 Å². The molecule has 1 saturated heterocycles. The summed E-state index contributed by atoms with van der Waals surface area (Å²) in [5, 5.41) is 14.8. The first kappa shape index (κ1) is 14.2. The van der Waals surface area contributed by atoms with E-state index in [0.717, 1.165) is 16.5 Å². The van der Waals surface area contributed by atoms with Crippen LogP contribution in [0.15, 0.2) is 30.3 Å². The van der Waals surface area contributed by atoms with Gasteiger partial charge in [-0.3, -0.25) is 25.0 Å². The van der Waals surface area contributed by atoms with Crippen LogP contribution in [0.2, 0.25) is 0 Å². The van der Waals surface area contributed by atoms with Crippen LogP contribution in [0.3, 0.4) is 0 Å². The van der Waals surface area contributed by atoms with Crippen LogP contribution in [0.25, 0.3) is 10.8 Å². The van der Waals surface area contributed by atoms with E-state index in [1.807, 2.05) is 19.1 Å². The fraction of sp³-hybridized carbons (Fsp3) is 0.250. The molecule has 0 aromatic heterocycles. The maximum Gasteiger partial charge on any atom is 0.277 e. The Labute approximate surface area is 126 Å². The Bertz CT molecular complexity index is 813. The molecule has 2 amide bonds. The van der Waals surface area contributed by atoms with E-state index < -0.39 is 10.8 Å². The molecule has 1 aliphatic heterocycles. The molecule has 6 heteroatoms. The van der Waals surface area contributed by atoms with Gasteiger partial charge in [0.25, 0.3) is 5.69 Å². The standard InChI is InChI=1S/C16H14N2O4/c1-9-7-10-3-2-4-14(18(21)22)13(10)8-12(9)11-5-6-15(19)17-16(11)20/h2-4,7-8,11H,5-6H2,1H3,(H,17,19,20). The molecular weight excluding hydrogens is 284 g/mol. The van der Waals surface area contributed by atoms with E-state index in [1.54, 1.807) is 12.1 Å². The van der Waals surface area contributed by atoms with Gasteiger partial charge >= 0.3 is 0 Å². The summed E-state index contributed by atoms with van der Waals surface area (Å²) in [5.41, 5.74) is 1.65. The normalized spacial score (nSPS) is 18.3. The van der Waals surface area contributed by atoms with Crippen molar-refractivity contribution < 1.29 is 14.5 Å². The van der Waals surface area contributed by atoms with E-state index in [4.69, 9.17) is 0 Å². The lowest BCUT2D eigenvalue weighted by Gasteiger charge is -2.23. The van der Waals surface area contributed by atoms with Crippen LogP contribution in [-0.2, 0) is 9.59 Å². The number of aryl methyl sites for hydroxylation is 1. The summed E-state index contributed by atoms with van der Waals surface area (Å²) in [6, 6.07) is 8.46. The van der Waals surface area contributed by atoms with Crippen molar-refractivity contribution in [1.82, 2.24) is 5.32 Å². The van der Waals surface area contributed by atoms with Gasteiger partial charge in [0.2, 0.25) is 11.8 Å². The van der Waals surface area contributed by atoms with E-state index in [9.17, 15) is 19.7 Å². The number of nitro benzene ring substituents is 1. The first-order chi connectivity index (χ1) is 10.5. The van der Waals surface area contributed by atoms with E-state index in [0.29, 0.717) is 11.8 Å². The van der Waals surface area contributed by atoms with Crippen LogP contribution >= 0.6 is 0 Å². The number of carbonyl (C=O) groups is 2. The van der Waals surface area contributed by atoms with Crippen LogP contribution in [0.4, 0.5) is 5.69 Å². The molecule has 112 valence electrons. The number of imide groups is 1. The number of nitrogens with zero attached hydrogens (tertiary/aromatic N) is 1. The van der Waals surface area contributed by atoms with Crippen LogP contribution in [-0.4, -0.2) is 16.7 Å². The molecule has 3 rings (SSSR count). The molecule has 0 spiro atoms. The minimum absolute atomic E-state index is 0.0195. The predicted octanol–water partition coefficient (Wildman–Crippen LogP) is 2.58. The topological polar surface area (TPSA) is 89.3 Å².